The number of rotatable bonds is 5. The van der Waals surface area contributed by atoms with E-state index in [4.69, 9.17) is 4.42 Å². The molecule has 0 aliphatic heterocycles. The summed E-state index contributed by atoms with van der Waals surface area (Å²) in [7, 11) is 0. The predicted molar refractivity (Wildman–Crippen MR) is 114 cm³/mol. The van der Waals surface area contributed by atoms with Gasteiger partial charge in [-0.25, -0.2) is 9.97 Å². The van der Waals surface area contributed by atoms with Crippen LogP contribution in [0.4, 0.5) is 5.69 Å². The molecule has 2 aromatic heterocycles. The van der Waals surface area contributed by atoms with Gasteiger partial charge in [0.05, 0.1) is 5.75 Å². The molecule has 0 saturated heterocycles. The maximum Gasteiger partial charge on any atom is 0.234 e. The second-order valence-corrected chi connectivity index (χ2v) is 7.64. The number of aryl methyl sites for hydroxylation is 3. The van der Waals surface area contributed by atoms with Gasteiger partial charge in [-0.3, -0.25) is 4.79 Å². The molecule has 0 aliphatic carbocycles. The third kappa shape index (κ3) is 3.47. The Kier molecular flexibility index (Phi) is 5.05. The van der Waals surface area contributed by atoms with Crippen LogP contribution in [-0.2, 0) is 11.2 Å². The van der Waals surface area contributed by atoms with Crippen LogP contribution in [0.2, 0.25) is 0 Å². The van der Waals surface area contributed by atoms with Crippen molar-refractivity contribution in [3.05, 3.63) is 59.4 Å². The fraction of sp³-hybridized carbons (Fsp3) is 0.227. The number of nitrogens with zero attached hydrogens (tertiary/aromatic N) is 2. The van der Waals surface area contributed by atoms with E-state index in [1.165, 1.54) is 11.8 Å². The highest BCUT2D eigenvalue weighted by atomic mass is 32.2. The Hall–Kier alpha value is -2.86. The smallest absolute Gasteiger partial charge is 0.234 e. The molecule has 28 heavy (non-hydrogen) atoms. The zero-order valence-electron chi connectivity index (χ0n) is 16.1. The second kappa shape index (κ2) is 7.64. The summed E-state index contributed by atoms with van der Waals surface area (Å²) in [6.07, 6.45) is 0.720. The maximum absolute atomic E-state index is 12.5. The molecule has 0 aliphatic rings. The fourth-order valence-electron chi connectivity index (χ4n) is 3.19. The SMILES string of the molecule is CCc1nc(SCC(=O)Nc2c(C)cccc2C)c2oc3ccccc3c2n1. The molecule has 0 saturated carbocycles. The van der Waals surface area contributed by atoms with E-state index < -0.39 is 0 Å². The Balaban J connectivity index is 1.61. The van der Waals surface area contributed by atoms with E-state index in [1.807, 2.05) is 63.2 Å². The van der Waals surface area contributed by atoms with Gasteiger partial charge in [0.25, 0.3) is 0 Å². The van der Waals surface area contributed by atoms with Gasteiger partial charge in [-0.05, 0) is 37.1 Å². The number of hydrogen-bond acceptors (Lipinski definition) is 5. The molecule has 0 atom stereocenters. The first kappa shape index (κ1) is 18.5. The molecule has 2 heterocycles. The van der Waals surface area contributed by atoms with Crippen molar-refractivity contribution < 1.29 is 9.21 Å². The molecule has 5 nitrogen and oxygen atoms in total. The van der Waals surface area contributed by atoms with Crippen LogP contribution in [0.1, 0.15) is 23.9 Å². The standard InChI is InChI=1S/C22H21N3O2S/c1-4-17-23-20-15-10-5-6-11-16(15)27-21(20)22(24-17)28-12-18(26)25-19-13(2)8-7-9-14(19)3/h5-11H,4,12H2,1-3H3,(H,25,26). The predicted octanol–water partition coefficient (Wildman–Crippen LogP) is 5.29. The van der Waals surface area contributed by atoms with Crippen molar-refractivity contribution in [2.45, 2.75) is 32.2 Å². The van der Waals surface area contributed by atoms with Crippen molar-refractivity contribution in [2.24, 2.45) is 0 Å². The third-order valence-corrected chi connectivity index (χ3v) is 5.59. The number of anilines is 1. The average molecular weight is 391 g/mol. The highest BCUT2D eigenvalue weighted by molar-refractivity contribution is 8.00. The minimum atomic E-state index is -0.0664. The van der Waals surface area contributed by atoms with E-state index in [2.05, 4.69) is 15.3 Å². The first-order valence-electron chi connectivity index (χ1n) is 9.24. The minimum Gasteiger partial charge on any atom is -0.451 e. The Bertz CT molecular complexity index is 1160. The van der Waals surface area contributed by atoms with Crippen molar-refractivity contribution in [3.8, 4) is 0 Å². The number of thioether (sulfide) groups is 1. The first-order chi connectivity index (χ1) is 13.6. The van der Waals surface area contributed by atoms with Gasteiger partial charge in [-0.2, -0.15) is 0 Å². The molecule has 1 N–H and O–H groups in total. The van der Waals surface area contributed by atoms with Crippen LogP contribution >= 0.6 is 11.8 Å². The van der Waals surface area contributed by atoms with E-state index in [1.54, 1.807) is 0 Å². The number of hydrogen-bond donors (Lipinski definition) is 1. The molecule has 4 aromatic rings. The molecular weight excluding hydrogens is 370 g/mol. The second-order valence-electron chi connectivity index (χ2n) is 6.68. The molecule has 0 unspecified atom stereocenters. The normalized spacial score (nSPS) is 11.2. The highest BCUT2D eigenvalue weighted by Crippen LogP contribution is 2.33. The van der Waals surface area contributed by atoms with Crippen molar-refractivity contribution in [2.75, 3.05) is 11.1 Å². The molecule has 0 radical (unpaired) electrons. The summed E-state index contributed by atoms with van der Waals surface area (Å²) >= 11 is 1.38. The number of nitrogens with one attached hydrogen (secondary N) is 1. The van der Waals surface area contributed by atoms with Crippen LogP contribution in [0, 0.1) is 13.8 Å². The van der Waals surface area contributed by atoms with Crippen LogP contribution < -0.4 is 5.32 Å². The lowest BCUT2D eigenvalue weighted by atomic mass is 10.1. The Labute approximate surface area is 167 Å². The number of benzene rings is 2. The molecule has 2 aromatic carbocycles. The van der Waals surface area contributed by atoms with Crippen molar-refractivity contribution >= 4 is 45.4 Å². The van der Waals surface area contributed by atoms with Crippen LogP contribution in [0.5, 0.6) is 0 Å². The lowest BCUT2D eigenvalue weighted by molar-refractivity contribution is -0.113. The summed E-state index contributed by atoms with van der Waals surface area (Å²) in [5, 5.41) is 4.69. The number of fused-ring (bicyclic) bond motifs is 3. The number of para-hydroxylation sites is 2. The first-order valence-corrected chi connectivity index (χ1v) is 10.2. The summed E-state index contributed by atoms with van der Waals surface area (Å²) in [5.74, 6) is 0.931. The third-order valence-electron chi connectivity index (χ3n) is 4.64. The van der Waals surface area contributed by atoms with Crippen LogP contribution in [0.25, 0.3) is 22.1 Å². The van der Waals surface area contributed by atoms with Gasteiger partial charge < -0.3 is 9.73 Å². The topological polar surface area (TPSA) is 68.0 Å². The summed E-state index contributed by atoms with van der Waals surface area (Å²) < 4.78 is 5.99. The van der Waals surface area contributed by atoms with E-state index >= 15 is 0 Å². The van der Waals surface area contributed by atoms with Gasteiger partial charge >= 0.3 is 0 Å². The van der Waals surface area contributed by atoms with Gasteiger partial charge in [-0.15, -0.1) is 0 Å². The van der Waals surface area contributed by atoms with Gasteiger partial charge in [0.2, 0.25) is 5.91 Å². The highest BCUT2D eigenvalue weighted by Gasteiger charge is 2.17. The van der Waals surface area contributed by atoms with Crippen LogP contribution in [0.3, 0.4) is 0 Å². The average Bonchev–Trinajstić information content (AvgIpc) is 3.07. The molecule has 1 amide bonds. The Morgan fingerprint density at radius 2 is 1.82 bits per heavy atom. The lowest BCUT2D eigenvalue weighted by Gasteiger charge is -2.11. The molecule has 4 rings (SSSR count). The van der Waals surface area contributed by atoms with E-state index in [-0.39, 0.29) is 11.7 Å². The molecular formula is C22H21N3O2S. The van der Waals surface area contributed by atoms with E-state index in [9.17, 15) is 4.79 Å². The van der Waals surface area contributed by atoms with Gasteiger partial charge in [0.1, 0.15) is 22.0 Å². The summed E-state index contributed by atoms with van der Waals surface area (Å²) in [5.41, 5.74) is 5.20. The fourth-order valence-corrected chi connectivity index (χ4v) is 3.97. The number of amides is 1. The Morgan fingerprint density at radius 3 is 2.57 bits per heavy atom. The monoisotopic (exact) mass is 391 g/mol. The summed E-state index contributed by atoms with van der Waals surface area (Å²) in [4.78, 5) is 21.8. The molecule has 0 bridgehead atoms. The number of aromatic nitrogens is 2. The molecule has 0 fully saturated rings. The number of furan rings is 1. The van der Waals surface area contributed by atoms with E-state index in [0.717, 1.165) is 45.5 Å². The zero-order chi connectivity index (χ0) is 19.7. The quantitative estimate of drug-likeness (QED) is 0.370. The molecule has 0 spiro atoms. The van der Waals surface area contributed by atoms with Gasteiger partial charge in [-0.1, -0.05) is 49.0 Å². The molecule has 6 heteroatoms. The minimum absolute atomic E-state index is 0.0664. The number of carbonyl (C=O) groups is 1. The van der Waals surface area contributed by atoms with Gasteiger partial charge in [0, 0.05) is 17.5 Å². The van der Waals surface area contributed by atoms with Gasteiger partial charge in [0.15, 0.2) is 5.58 Å². The van der Waals surface area contributed by atoms with Crippen molar-refractivity contribution in [1.82, 2.24) is 9.97 Å². The molecule has 142 valence electrons. The summed E-state index contributed by atoms with van der Waals surface area (Å²) in [6, 6.07) is 13.8. The van der Waals surface area contributed by atoms with Crippen molar-refractivity contribution in [1.29, 1.82) is 0 Å². The van der Waals surface area contributed by atoms with E-state index in [0.29, 0.717) is 10.6 Å². The lowest BCUT2D eigenvalue weighted by Crippen LogP contribution is -2.16. The zero-order valence-corrected chi connectivity index (χ0v) is 16.9. The Morgan fingerprint density at radius 1 is 1.07 bits per heavy atom. The van der Waals surface area contributed by atoms with Crippen molar-refractivity contribution in [3.63, 3.8) is 0 Å². The number of carbonyl (C=O) groups excluding carboxylic acids is 1. The summed E-state index contributed by atoms with van der Waals surface area (Å²) in [6.45, 7) is 6.00. The maximum atomic E-state index is 12.5. The van der Waals surface area contributed by atoms with Crippen LogP contribution in [0.15, 0.2) is 51.9 Å². The van der Waals surface area contributed by atoms with Crippen LogP contribution in [-0.4, -0.2) is 21.6 Å². The largest absolute Gasteiger partial charge is 0.451 e.